The van der Waals surface area contributed by atoms with Gasteiger partial charge in [0.2, 0.25) is 0 Å². The van der Waals surface area contributed by atoms with E-state index < -0.39 is 24.5 Å². The molecule has 0 aromatic heterocycles. The van der Waals surface area contributed by atoms with E-state index in [-0.39, 0.29) is 11.3 Å². The third-order valence-corrected chi connectivity index (χ3v) is 3.61. The van der Waals surface area contributed by atoms with E-state index in [9.17, 15) is 18.4 Å². The predicted molar refractivity (Wildman–Crippen MR) is 92.9 cm³/mol. The number of halogens is 3. The molecule has 26 heavy (non-hydrogen) atoms. The molecule has 2 aromatic carbocycles. The lowest BCUT2D eigenvalue weighted by molar-refractivity contribution is -0.128. The Bertz CT molecular complexity index is 772. The SMILES string of the molecule is CC(Oc1cccc(Br)c1)C(=O)NNC(=O)c1ccc(OC(F)F)cc1. The number of hydrogen-bond acceptors (Lipinski definition) is 4. The van der Waals surface area contributed by atoms with Gasteiger partial charge in [0.15, 0.2) is 6.10 Å². The van der Waals surface area contributed by atoms with E-state index in [1.165, 1.54) is 31.2 Å². The average Bonchev–Trinajstić information content (AvgIpc) is 2.59. The highest BCUT2D eigenvalue weighted by atomic mass is 79.9. The minimum absolute atomic E-state index is 0.0726. The monoisotopic (exact) mass is 428 g/mol. The Kier molecular flexibility index (Phi) is 6.90. The van der Waals surface area contributed by atoms with Crippen LogP contribution >= 0.6 is 15.9 Å². The molecule has 1 unspecified atom stereocenters. The van der Waals surface area contributed by atoms with Gasteiger partial charge in [0, 0.05) is 10.0 Å². The molecule has 0 radical (unpaired) electrons. The van der Waals surface area contributed by atoms with Crippen LogP contribution < -0.4 is 20.3 Å². The molecule has 2 amide bonds. The van der Waals surface area contributed by atoms with E-state index in [4.69, 9.17) is 4.74 Å². The minimum Gasteiger partial charge on any atom is -0.481 e. The van der Waals surface area contributed by atoms with Crippen LogP contribution in [0.1, 0.15) is 17.3 Å². The summed E-state index contributed by atoms with van der Waals surface area (Å²) in [5.41, 5.74) is 4.62. The number of amides is 2. The van der Waals surface area contributed by atoms with E-state index in [1.807, 2.05) is 6.07 Å². The molecule has 2 rings (SSSR count). The molecule has 1 atom stereocenters. The van der Waals surface area contributed by atoms with Crippen molar-refractivity contribution >= 4 is 27.7 Å². The summed E-state index contributed by atoms with van der Waals surface area (Å²) >= 11 is 3.29. The Morgan fingerprint density at radius 2 is 1.69 bits per heavy atom. The van der Waals surface area contributed by atoms with Gasteiger partial charge in [0.05, 0.1) is 0 Å². The molecule has 0 fully saturated rings. The average molecular weight is 429 g/mol. The number of ether oxygens (including phenoxy) is 2. The zero-order chi connectivity index (χ0) is 19.1. The van der Waals surface area contributed by atoms with Gasteiger partial charge >= 0.3 is 6.61 Å². The molecule has 6 nitrogen and oxygen atoms in total. The van der Waals surface area contributed by atoms with Crippen molar-refractivity contribution in [2.45, 2.75) is 19.6 Å². The number of hydrogen-bond donors (Lipinski definition) is 2. The fraction of sp³-hybridized carbons (Fsp3) is 0.176. The Hall–Kier alpha value is -2.68. The molecule has 0 spiro atoms. The molecule has 0 saturated heterocycles. The van der Waals surface area contributed by atoms with Crippen molar-refractivity contribution in [3.05, 3.63) is 58.6 Å². The lowest BCUT2D eigenvalue weighted by Crippen LogP contribution is -2.47. The van der Waals surface area contributed by atoms with Crippen molar-refractivity contribution < 1.29 is 27.8 Å². The summed E-state index contributed by atoms with van der Waals surface area (Å²) in [5, 5.41) is 0. The van der Waals surface area contributed by atoms with Crippen LogP contribution in [-0.2, 0) is 4.79 Å². The van der Waals surface area contributed by atoms with Crippen molar-refractivity contribution in [2.24, 2.45) is 0 Å². The first-order valence-electron chi connectivity index (χ1n) is 7.42. The van der Waals surface area contributed by atoms with Crippen molar-refractivity contribution in [1.29, 1.82) is 0 Å². The summed E-state index contributed by atoms with van der Waals surface area (Å²) in [6.07, 6.45) is -0.855. The zero-order valence-corrected chi connectivity index (χ0v) is 15.1. The van der Waals surface area contributed by atoms with Crippen molar-refractivity contribution in [3.8, 4) is 11.5 Å². The Morgan fingerprint density at radius 1 is 1.00 bits per heavy atom. The molecule has 0 bridgehead atoms. The van der Waals surface area contributed by atoms with E-state index in [0.717, 1.165) is 4.47 Å². The van der Waals surface area contributed by atoms with E-state index in [0.29, 0.717) is 5.75 Å². The Balaban J connectivity index is 1.84. The molecule has 0 aliphatic heterocycles. The van der Waals surface area contributed by atoms with Crippen molar-refractivity contribution in [3.63, 3.8) is 0 Å². The molecule has 0 heterocycles. The van der Waals surface area contributed by atoms with Gasteiger partial charge in [-0.05, 0) is 49.4 Å². The zero-order valence-electron chi connectivity index (χ0n) is 13.5. The van der Waals surface area contributed by atoms with Gasteiger partial charge in [-0.1, -0.05) is 22.0 Å². The summed E-state index contributed by atoms with van der Waals surface area (Å²) in [7, 11) is 0. The van der Waals surface area contributed by atoms with Gasteiger partial charge < -0.3 is 9.47 Å². The first-order valence-corrected chi connectivity index (χ1v) is 8.22. The molecule has 2 aromatic rings. The Labute approximate surface area is 156 Å². The molecule has 2 N–H and O–H groups in total. The second-order valence-corrected chi connectivity index (χ2v) is 5.98. The third-order valence-electron chi connectivity index (χ3n) is 3.12. The number of carbonyl (C=O) groups is 2. The molecule has 0 aliphatic rings. The van der Waals surface area contributed by atoms with Gasteiger partial charge in [0.1, 0.15) is 11.5 Å². The second kappa shape index (κ2) is 9.14. The predicted octanol–water partition coefficient (Wildman–Crippen LogP) is 3.28. The standard InChI is InChI=1S/C17H15BrF2N2O4/c1-10(25-14-4-2-3-12(18)9-14)15(23)21-22-16(24)11-5-7-13(8-6-11)26-17(19)20/h2-10,17H,1H3,(H,21,23)(H,22,24). The molecular formula is C17H15BrF2N2O4. The summed E-state index contributed by atoms with van der Waals surface area (Å²) in [4.78, 5) is 23.9. The minimum atomic E-state index is -2.94. The lowest BCUT2D eigenvalue weighted by atomic mass is 10.2. The smallest absolute Gasteiger partial charge is 0.387 e. The van der Waals surface area contributed by atoms with E-state index in [2.05, 4.69) is 31.5 Å². The topological polar surface area (TPSA) is 76.7 Å². The summed E-state index contributed by atoms with van der Waals surface area (Å²) in [6.45, 7) is -1.42. The number of alkyl halides is 2. The summed E-state index contributed by atoms with van der Waals surface area (Å²) < 4.78 is 34.6. The highest BCUT2D eigenvalue weighted by Crippen LogP contribution is 2.19. The molecular weight excluding hydrogens is 414 g/mol. The molecule has 0 aliphatic carbocycles. The fourth-order valence-electron chi connectivity index (χ4n) is 1.88. The van der Waals surface area contributed by atoms with Crippen LogP contribution in [0.4, 0.5) is 8.78 Å². The van der Waals surface area contributed by atoms with Gasteiger partial charge in [-0.25, -0.2) is 0 Å². The lowest BCUT2D eigenvalue weighted by Gasteiger charge is -2.15. The number of nitrogens with one attached hydrogen (secondary N) is 2. The van der Waals surface area contributed by atoms with Crippen LogP contribution in [0.25, 0.3) is 0 Å². The normalized spacial score (nSPS) is 11.6. The third kappa shape index (κ3) is 5.99. The van der Waals surface area contributed by atoms with Crippen LogP contribution in [0, 0.1) is 0 Å². The van der Waals surface area contributed by atoms with Crippen LogP contribution in [0.15, 0.2) is 53.0 Å². The first-order chi connectivity index (χ1) is 12.3. The van der Waals surface area contributed by atoms with Gasteiger partial charge in [-0.2, -0.15) is 8.78 Å². The maximum absolute atomic E-state index is 12.1. The van der Waals surface area contributed by atoms with Crippen molar-refractivity contribution in [1.82, 2.24) is 10.9 Å². The molecule has 9 heteroatoms. The fourth-order valence-corrected chi connectivity index (χ4v) is 2.26. The van der Waals surface area contributed by atoms with E-state index in [1.54, 1.807) is 18.2 Å². The number of benzene rings is 2. The largest absolute Gasteiger partial charge is 0.481 e. The number of carbonyl (C=O) groups excluding carboxylic acids is 2. The summed E-state index contributed by atoms with van der Waals surface area (Å²) in [6, 6.07) is 12.0. The molecule has 138 valence electrons. The second-order valence-electron chi connectivity index (χ2n) is 5.06. The highest BCUT2D eigenvalue weighted by Gasteiger charge is 2.16. The highest BCUT2D eigenvalue weighted by molar-refractivity contribution is 9.10. The number of hydrazine groups is 1. The maximum Gasteiger partial charge on any atom is 0.387 e. The maximum atomic E-state index is 12.1. The van der Waals surface area contributed by atoms with Gasteiger partial charge in [-0.3, -0.25) is 20.4 Å². The first kappa shape index (κ1) is 19.6. The van der Waals surface area contributed by atoms with Crippen LogP contribution in [0.5, 0.6) is 11.5 Å². The Morgan fingerprint density at radius 3 is 2.31 bits per heavy atom. The van der Waals surface area contributed by atoms with Crippen LogP contribution in [0.3, 0.4) is 0 Å². The van der Waals surface area contributed by atoms with E-state index >= 15 is 0 Å². The molecule has 0 saturated carbocycles. The quantitative estimate of drug-likeness (QED) is 0.692. The van der Waals surface area contributed by atoms with Gasteiger partial charge in [-0.15, -0.1) is 0 Å². The number of rotatable bonds is 6. The van der Waals surface area contributed by atoms with Crippen LogP contribution in [-0.4, -0.2) is 24.5 Å². The van der Waals surface area contributed by atoms with Crippen molar-refractivity contribution in [2.75, 3.05) is 0 Å². The van der Waals surface area contributed by atoms with Gasteiger partial charge in [0.25, 0.3) is 11.8 Å². The van der Waals surface area contributed by atoms with Crippen LogP contribution in [0.2, 0.25) is 0 Å². The summed E-state index contributed by atoms with van der Waals surface area (Å²) in [5.74, 6) is -0.757.